The lowest BCUT2D eigenvalue weighted by molar-refractivity contribution is 0.102. The van der Waals surface area contributed by atoms with E-state index in [4.69, 9.17) is 0 Å². The Morgan fingerprint density at radius 1 is 0.875 bits per heavy atom. The molecular formula is C23H14F2N6O. The summed E-state index contributed by atoms with van der Waals surface area (Å²) in [4.78, 5) is 16.7. The molecule has 0 aliphatic heterocycles. The minimum absolute atomic E-state index is 0.249. The maximum atomic E-state index is 13.9. The van der Waals surface area contributed by atoms with Gasteiger partial charge in [0.2, 0.25) is 5.82 Å². The van der Waals surface area contributed by atoms with Gasteiger partial charge in [0.1, 0.15) is 17.3 Å². The van der Waals surface area contributed by atoms with Crippen LogP contribution in [0.2, 0.25) is 0 Å². The molecule has 0 aliphatic carbocycles. The summed E-state index contributed by atoms with van der Waals surface area (Å²) >= 11 is 0. The molecule has 0 unspecified atom stereocenters. The number of anilines is 1. The topological polar surface area (TPSA) is 85.1 Å². The number of fused-ring (bicyclic) bond motifs is 1. The highest BCUT2D eigenvalue weighted by Gasteiger charge is 2.14. The first-order chi connectivity index (χ1) is 15.6. The van der Waals surface area contributed by atoms with E-state index in [2.05, 4.69) is 25.6 Å². The highest BCUT2D eigenvalue weighted by molar-refractivity contribution is 6.04. The number of amides is 1. The summed E-state index contributed by atoms with van der Waals surface area (Å²) in [5.41, 5.74) is 2.70. The van der Waals surface area contributed by atoms with Gasteiger partial charge < -0.3 is 5.32 Å². The van der Waals surface area contributed by atoms with E-state index < -0.39 is 17.5 Å². The number of aromatic nitrogens is 5. The fraction of sp³-hybridized carbons (Fsp3) is 0. The van der Waals surface area contributed by atoms with Crippen molar-refractivity contribution in [3.8, 4) is 22.8 Å². The van der Waals surface area contributed by atoms with Gasteiger partial charge in [-0.05, 0) is 48.5 Å². The molecule has 0 spiro atoms. The second-order valence-corrected chi connectivity index (χ2v) is 6.89. The molecule has 1 N–H and O–H groups in total. The molecule has 3 heterocycles. The Kier molecular flexibility index (Phi) is 4.83. The number of rotatable bonds is 4. The zero-order valence-electron chi connectivity index (χ0n) is 16.4. The average molecular weight is 428 g/mol. The van der Waals surface area contributed by atoms with E-state index in [9.17, 15) is 13.6 Å². The Morgan fingerprint density at radius 2 is 1.78 bits per heavy atom. The lowest BCUT2D eigenvalue weighted by Gasteiger charge is -2.08. The predicted molar refractivity (Wildman–Crippen MR) is 114 cm³/mol. The van der Waals surface area contributed by atoms with Gasteiger partial charge in [-0.25, -0.2) is 8.78 Å². The van der Waals surface area contributed by atoms with Gasteiger partial charge in [0.05, 0.1) is 11.3 Å². The second kappa shape index (κ2) is 7.95. The Morgan fingerprint density at radius 3 is 2.59 bits per heavy atom. The molecule has 9 heteroatoms. The molecule has 156 valence electrons. The van der Waals surface area contributed by atoms with Crippen molar-refractivity contribution in [2.24, 2.45) is 0 Å². The zero-order valence-corrected chi connectivity index (χ0v) is 16.4. The molecule has 0 radical (unpaired) electrons. The van der Waals surface area contributed by atoms with Crippen LogP contribution in [0.5, 0.6) is 0 Å². The molecule has 0 saturated heterocycles. The van der Waals surface area contributed by atoms with E-state index in [1.54, 1.807) is 41.0 Å². The van der Waals surface area contributed by atoms with Crippen molar-refractivity contribution in [1.29, 1.82) is 0 Å². The molecule has 0 bridgehead atoms. The summed E-state index contributed by atoms with van der Waals surface area (Å²) in [5.74, 6) is -1.86. The number of carbonyl (C=O) groups excluding carboxylic acids is 1. The number of nitrogens with one attached hydrogen (secondary N) is 1. The molecule has 32 heavy (non-hydrogen) atoms. The molecule has 3 aromatic heterocycles. The van der Waals surface area contributed by atoms with Gasteiger partial charge in [-0.15, -0.1) is 10.2 Å². The molecule has 7 nitrogen and oxygen atoms in total. The first-order valence-electron chi connectivity index (χ1n) is 9.59. The van der Waals surface area contributed by atoms with Gasteiger partial charge in [0.25, 0.3) is 5.91 Å². The zero-order chi connectivity index (χ0) is 22.1. The summed E-state index contributed by atoms with van der Waals surface area (Å²) < 4.78 is 28.6. The smallest absolute Gasteiger partial charge is 0.258 e. The largest absolute Gasteiger partial charge is 0.322 e. The molecule has 1 amide bonds. The van der Waals surface area contributed by atoms with Crippen molar-refractivity contribution >= 4 is 17.2 Å². The summed E-state index contributed by atoms with van der Waals surface area (Å²) in [5, 5.41) is 15.5. The van der Waals surface area contributed by atoms with Crippen molar-refractivity contribution in [2.45, 2.75) is 0 Å². The van der Waals surface area contributed by atoms with Gasteiger partial charge in [0.15, 0.2) is 5.65 Å². The van der Waals surface area contributed by atoms with Gasteiger partial charge in [-0.2, -0.15) is 9.61 Å². The van der Waals surface area contributed by atoms with E-state index in [1.165, 1.54) is 0 Å². The van der Waals surface area contributed by atoms with Gasteiger partial charge in [-0.3, -0.25) is 9.78 Å². The molecule has 0 aliphatic rings. The van der Waals surface area contributed by atoms with Crippen LogP contribution in [-0.4, -0.2) is 30.7 Å². The number of benzene rings is 2. The van der Waals surface area contributed by atoms with Crippen LogP contribution in [0, 0.1) is 11.6 Å². The standard InChI is InChI=1S/C23H14F2N6O/c24-15-7-8-17(18(25)13-15)23(32)27-16-5-3-4-14(12-16)19-9-10-21-28-29-22(31(21)30-19)20-6-1-2-11-26-20/h1-13H,(H,27,32). The third-order valence-corrected chi connectivity index (χ3v) is 4.75. The van der Waals surface area contributed by atoms with Gasteiger partial charge in [0, 0.05) is 23.5 Å². The molecule has 5 rings (SSSR count). The van der Waals surface area contributed by atoms with Crippen LogP contribution in [0.3, 0.4) is 0 Å². The van der Waals surface area contributed by atoms with E-state index in [0.717, 1.165) is 12.1 Å². The van der Waals surface area contributed by atoms with E-state index in [-0.39, 0.29) is 5.56 Å². The number of pyridine rings is 1. The number of hydrogen-bond donors (Lipinski definition) is 1. The fourth-order valence-corrected chi connectivity index (χ4v) is 3.23. The average Bonchev–Trinajstić information content (AvgIpc) is 3.23. The van der Waals surface area contributed by atoms with E-state index in [0.29, 0.717) is 40.2 Å². The van der Waals surface area contributed by atoms with E-state index >= 15 is 0 Å². The number of nitrogens with zero attached hydrogens (tertiary/aromatic N) is 5. The molecule has 0 atom stereocenters. The first-order valence-corrected chi connectivity index (χ1v) is 9.59. The van der Waals surface area contributed by atoms with Crippen LogP contribution >= 0.6 is 0 Å². The number of halogens is 2. The van der Waals surface area contributed by atoms with Crippen LogP contribution < -0.4 is 5.32 Å². The molecule has 0 saturated carbocycles. The normalized spacial score (nSPS) is 10.9. The third kappa shape index (κ3) is 3.67. The van der Waals surface area contributed by atoms with Crippen LogP contribution in [-0.2, 0) is 0 Å². The lowest BCUT2D eigenvalue weighted by Crippen LogP contribution is -2.14. The van der Waals surface area contributed by atoms with Crippen LogP contribution in [0.4, 0.5) is 14.5 Å². The molecule has 0 fully saturated rings. The van der Waals surface area contributed by atoms with Crippen molar-refractivity contribution in [2.75, 3.05) is 5.32 Å². The lowest BCUT2D eigenvalue weighted by atomic mass is 10.1. The fourth-order valence-electron chi connectivity index (χ4n) is 3.23. The summed E-state index contributed by atoms with van der Waals surface area (Å²) in [7, 11) is 0. The minimum atomic E-state index is -0.930. The Bertz CT molecular complexity index is 1450. The van der Waals surface area contributed by atoms with Crippen molar-refractivity contribution < 1.29 is 13.6 Å². The van der Waals surface area contributed by atoms with Crippen LogP contribution in [0.15, 0.2) is 79.0 Å². The number of carbonyl (C=O) groups is 1. The Labute approximate surface area is 180 Å². The Hall–Kier alpha value is -4.53. The first kappa shape index (κ1) is 19.4. The monoisotopic (exact) mass is 428 g/mol. The van der Waals surface area contributed by atoms with Crippen LogP contribution in [0.25, 0.3) is 28.4 Å². The summed E-state index contributed by atoms with van der Waals surface area (Å²) in [6, 6.07) is 18.8. The van der Waals surface area contributed by atoms with Crippen molar-refractivity contribution in [3.63, 3.8) is 0 Å². The summed E-state index contributed by atoms with van der Waals surface area (Å²) in [6.45, 7) is 0. The van der Waals surface area contributed by atoms with Gasteiger partial charge in [-0.1, -0.05) is 18.2 Å². The predicted octanol–water partition coefficient (Wildman–Crippen LogP) is 4.38. The maximum Gasteiger partial charge on any atom is 0.258 e. The third-order valence-electron chi connectivity index (χ3n) is 4.75. The molecule has 5 aromatic rings. The SMILES string of the molecule is O=C(Nc1cccc(-c2ccc3nnc(-c4ccccn4)n3n2)c1)c1ccc(F)cc1F. The highest BCUT2D eigenvalue weighted by Crippen LogP contribution is 2.23. The maximum absolute atomic E-state index is 13.9. The number of hydrogen-bond acceptors (Lipinski definition) is 5. The van der Waals surface area contributed by atoms with Gasteiger partial charge >= 0.3 is 0 Å². The highest BCUT2D eigenvalue weighted by atomic mass is 19.1. The second-order valence-electron chi connectivity index (χ2n) is 6.89. The van der Waals surface area contributed by atoms with Crippen molar-refractivity contribution in [1.82, 2.24) is 24.8 Å². The Balaban J connectivity index is 1.47. The quantitative estimate of drug-likeness (QED) is 0.459. The van der Waals surface area contributed by atoms with Crippen molar-refractivity contribution in [3.05, 3.63) is 96.2 Å². The summed E-state index contributed by atoms with van der Waals surface area (Å²) in [6.07, 6.45) is 1.66. The minimum Gasteiger partial charge on any atom is -0.322 e. The van der Waals surface area contributed by atoms with Crippen LogP contribution in [0.1, 0.15) is 10.4 Å². The molecule has 2 aromatic carbocycles. The molecular weight excluding hydrogens is 414 g/mol. The van der Waals surface area contributed by atoms with E-state index in [1.807, 2.05) is 24.3 Å².